The maximum Gasteiger partial charge on any atom is 0.307 e. The highest BCUT2D eigenvalue weighted by Gasteiger charge is 2.08. The molecule has 0 aliphatic carbocycles. The molecule has 0 aliphatic rings. The number of anilines is 1. The zero-order valence-corrected chi connectivity index (χ0v) is 10.5. The first-order chi connectivity index (χ1) is 9.54. The Hall–Kier alpha value is -2.82. The van der Waals surface area contributed by atoms with E-state index in [0.29, 0.717) is 16.8 Å². The van der Waals surface area contributed by atoms with E-state index in [0.717, 1.165) is 0 Å². The number of phenolic OH excluding ortho intramolecular Hbond substituents is 1. The maximum atomic E-state index is 12.0. The standard InChI is InChI=1S/C15H13NO4/c17-13-6-4-12(5-7-13)16-15(20)11-3-1-2-10(8-11)9-14(18)19/h1-8,17H,9H2,(H,16,20)(H,18,19). The first-order valence-electron chi connectivity index (χ1n) is 5.96. The summed E-state index contributed by atoms with van der Waals surface area (Å²) in [5.41, 5.74) is 1.50. The van der Waals surface area contributed by atoms with E-state index in [1.807, 2.05) is 0 Å². The van der Waals surface area contributed by atoms with Gasteiger partial charge in [0.1, 0.15) is 5.75 Å². The van der Waals surface area contributed by atoms with E-state index < -0.39 is 5.97 Å². The number of rotatable bonds is 4. The minimum absolute atomic E-state index is 0.117. The van der Waals surface area contributed by atoms with Gasteiger partial charge in [0.15, 0.2) is 0 Å². The zero-order chi connectivity index (χ0) is 14.5. The fraction of sp³-hybridized carbons (Fsp3) is 0.0667. The molecule has 0 unspecified atom stereocenters. The predicted octanol–water partition coefficient (Wildman–Crippen LogP) is 2.27. The molecule has 2 aromatic rings. The molecule has 1 amide bonds. The summed E-state index contributed by atoms with van der Waals surface area (Å²) in [5, 5.41) is 20.6. The Bertz CT molecular complexity index is 635. The van der Waals surface area contributed by atoms with Crippen molar-refractivity contribution in [3.8, 4) is 5.75 Å². The molecular formula is C15H13NO4. The van der Waals surface area contributed by atoms with E-state index in [4.69, 9.17) is 10.2 Å². The molecule has 20 heavy (non-hydrogen) atoms. The third-order valence-electron chi connectivity index (χ3n) is 2.67. The molecule has 0 bridgehead atoms. The highest BCUT2D eigenvalue weighted by atomic mass is 16.4. The molecule has 102 valence electrons. The Morgan fingerprint density at radius 2 is 1.75 bits per heavy atom. The molecule has 0 atom stereocenters. The average molecular weight is 271 g/mol. The van der Waals surface area contributed by atoms with Crippen LogP contribution in [0.5, 0.6) is 5.75 Å². The van der Waals surface area contributed by atoms with Crippen LogP contribution in [0, 0.1) is 0 Å². The third kappa shape index (κ3) is 3.58. The molecule has 0 saturated carbocycles. The molecule has 5 nitrogen and oxygen atoms in total. The average Bonchev–Trinajstić information content (AvgIpc) is 2.41. The highest BCUT2D eigenvalue weighted by Crippen LogP contribution is 2.15. The van der Waals surface area contributed by atoms with Crippen LogP contribution in [0.25, 0.3) is 0 Å². The normalized spacial score (nSPS) is 10.0. The smallest absolute Gasteiger partial charge is 0.307 e. The summed E-state index contributed by atoms with van der Waals surface area (Å²) in [5.74, 6) is -1.16. The topological polar surface area (TPSA) is 86.6 Å². The molecule has 0 aromatic heterocycles. The molecule has 0 radical (unpaired) electrons. The first kappa shape index (κ1) is 13.6. The van der Waals surface area contributed by atoms with Gasteiger partial charge in [-0.2, -0.15) is 0 Å². The number of aliphatic carboxylic acids is 1. The summed E-state index contributed by atoms with van der Waals surface area (Å²) in [6.45, 7) is 0. The van der Waals surface area contributed by atoms with Crippen LogP contribution in [0.15, 0.2) is 48.5 Å². The van der Waals surface area contributed by atoms with Gasteiger partial charge in [-0.1, -0.05) is 12.1 Å². The van der Waals surface area contributed by atoms with Crippen molar-refractivity contribution in [1.29, 1.82) is 0 Å². The summed E-state index contributed by atoms with van der Waals surface area (Å²) < 4.78 is 0. The van der Waals surface area contributed by atoms with Gasteiger partial charge in [-0.15, -0.1) is 0 Å². The van der Waals surface area contributed by atoms with Gasteiger partial charge in [0.05, 0.1) is 6.42 Å². The van der Waals surface area contributed by atoms with Gasteiger partial charge in [0, 0.05) is 11.3 Å². The lowest BCUT2D eigenvalue weighted by Gasteiger charge is -2.06. The minimum atomic E-state index is -0.943. The van der Waals surface area contributed by atoms with Gasteiger partial charge < -0.3 is 15.5 Å². The number of carboxylic acid groups (broad SMARTS) is 1. The Kier molecular flexibility index (Phi) is 4.00. The van der Waals surface area contributed by atoms with Crippen LogP contribution < -0.4 is 5.32 Å². The Morgan fingerprint density at radius 3 is 2.40 bits per heavy atom. The fourth-order valence-electron chi connectivity index (χ4n) is 1.75. The molecule has 5 heteroatoms. The van der Waals surface area contributed by atoms with E-state index >= 15 is 0 Å². The van der Waals surface area contributed by atoms with Crippen molar-refractivity contribution in [1.82, 2.24) is 0 Å². The quantitative estimate of drug-likeness (QED) is 0.744. The van der Waals surface area contributed by atoms with Crippen LogP contribution in [-0.2, 0) is 11.2 Å². The number of benzene rings is 2. The van der Waals surface area contributed by atoms with Gasteiger partial charge in [0.25, 0.3) is 5.91 Å². The predicted molar refractivity (Wildman–Crippen MR) is 73.8 cm³/mol. The van der Waals surface area contributed by atoms with Gasteiger partial charge in [-0.25, -0.2) is 0 Å². The molecule has 2 aromatic carbocycles. The number of hydrogen-bond donors (Lipinski definition) is 3. The van der Waals surface area contributed by atoms with Crippen molar-refractivity contribution in [3.63, 3.8) is 0 Å². The molecule has 3 N–H and O–H groups in total. The lowest BCUT2D eigenvalue weighted by atomic mass is 10.1. The number of nitrogens with one attached hydrogen (secondary N) is 1. The summed E-state index contributed by atoms with van der Waals surface area (Å²) in [6.07, 6.45) is -0.125. The number of aromatic hydroxyl groups is 1. The largest absolute Gasteiger partial charge is 0.508 e. The van der Waals surface area contributed by atoms with Gasteiger partial charge >= 0.3 is 5.97 Å². The summed E-state index contributed by atoms with van der Waals surface area (Å²) in [6, 6.07) is 12.6. The van der Waals surface area contributed by atoms with Crippen LogP contribution in [0.4, 0.5) is 5.69 Å². The Morgan fingerprint density at radius 1 is 1.05 bits per heavy atom. The van der Waals surface area contributed by atoms with E-state index in [9.17, 15) is 9.59 Å². The SMILES string of the molecule is O=C(O)Cc1cccc(C(=O)Nc2ccc(O)cc2)c1. The second kappa shape index (κ2) is 5.88. The van der Waals surface area contributed by atoms with Crippen molar-refractivity contribution in [2.24, 2.45) is 0 Å². The summed E-state index contributed by atoms with van der Waals surface area (Å²) in [7, 11) is 0. The van der Waals surface area contributed by atoms with Crippen LogP contribution in [0.3, 0.4) is 0 Å². The number of phenols is 1. The van der Waals surface area contributed by atoms with Crippen molar-refractivity contribution in [2.45, 2.75) is 6.42 Å². The molecular weight excluding hydrogens is 258 g/mol. The van der Waals surface area contributed by atoms with Crippen LogP contribution in [0.2, 0.25) is 0 Å². The van der Waals surface area contributed by atoms with E-state index in [1.54, 1.807) is 36.4 Å². The lowest BCUT2D eigenvalue weighted by molar-refractivity contribution is -0.136. The van der Waals surface area contributed by atoms with Gasteiger partial charge in [0.2, 0.25) is 0 Å². The molecule has 2 rings (SSSR count). The number of carbonyl (C=O) groups excluding carboxylic acids is 1. The van der Waals surface area contributed by atoms with Crippen molar-refractivity contribution in [2.75, 3.05) is 5.32 Å². The lowest BCUT2D eigenvalue weighted by Crippen LogP contribution is -2.12. The van der Waals surface area contributed by atoms with E-state index in [-0.39, 0.29) is 18.1 Å². The van der Waals surface area contributed by atoms with Crippen molar-refractivity contribution >= 4 is 17.6 Å². The van der Waals surface area contributed by atoms with Crippen molar-refractivity contribution < 1.29 is 19.8 Å². The fourth-order valence-corrected chi connectivity index (χ4v) is 1.75. The zero-order valence-electron chi connectivity index (χ0n) is 10.5. The maximum absolute atomic E-state index is 12.0. The highest BCUT2D eigenvalue weighted by molar-refractivity contribution is 6.04. The summed E-state index contributed by atoms with van der Waals surface area (Å²) >= 11 is 0. The summed E-state index contributed by atoms with van der Waals surface area (Å²) in [4.78, 5) is 22.7. The van der Waals surface area contributed by atoms with E-state index in [1.165, 1.54) is 12.1 Å². The molecule has 0 heterocycles. The second-order valence-corrected chi connectivity index (χ2v) is 4.27. The van der Waals surface area contributed by atoms with Gasteiger partial charge in [-0.3, -0.25) is 9.59 Å². The van der Waals surface area contributed by atoms with Crippen LogP contribution >= 0.6 is 0 Å². The molecule has 0 fully saturated rings. The van der Waals surface area contributed by atoms with Crippen LogP contribution in [-0.4, -0.2) is 22.1 Å². The van der Waals surface area contributed by atoms with Crippen molar-refractivity contribution in [3.05, 3.63) is 59.7 Å². The number of amides is 1. The number of carboxylic acids is 1. The minimum Gasteiger partial charge on any atom is -0.508 e. The van der Waals surface area contributed by atoms with E-state index in [2.05, 4.69) is 5.32 Å². The molecule has 0 aliphatic heterocycles. The molecule has 0 saturated heterocycles. The number of hydrogen-bond acceptors (Lipinski definition) is 3. The van der Waals surface area contributed by atoms with Gasteiger partial charge in [-0.05, 0) is 42.0 Å². The Balaban J connectivity index is 2.12. The molecule has 0 spiro atoms. The number of carbonyl (C=O) groups is 2. The first-order valence-corrected chi connectivity index (χ1v) is 5.96. The monoisotopic (exact) mass is 271 g/mol. The van der Waals surface area contributed by atoms with Crippen LogP contribution in [0.1, 0.15) is 15.9 Å². The third-order valence-corrected chi connectivity index (χ3v) is 2.67. The second-order valence-electron chi connectivity index (χ2n) is 4.27. The Labute approximate surface area is 115 Å².